The fourth-order valence-corrected chi connectivity index (χ4v) is 3.09. The number of rotatable bonds is 2. The van der Waals surface area contributed by atoms with Crippen LogP contribution >= 0.6 is 11.6 Å². The highest BCUT2D eigenvalue weighted by Gasteiger charge is 2.30. The van der Waals surface area contributed by atoms with Gasteiger partial charge in [-0.1, -0.05) is 29.8 Å². The molecule has 2 heterocycles. The number of nitrogens with two attached hydrogens (primary N) is 1. The molecule has 1 aromatic heterocycles. The summed E-state index contributed by atoms with van der Waals surface area (Å²) in [5.41, 5.74) is 7.70. The first kappa shape index (κ1) is 17.0. The molecule has 1 aliphatic heterocycles. The number of amides is 1. The Balaban J connectivity index is 2.09. The molecule has 1 saturated heterocycles. The lowest BCUT2D eigenvalue weighted by Crippen LogP contribution is -2.32. The lowest BCUT2D eigenvalue weighted by molar-refractivity contribution is 0.0791. The molecule has 6 heteroatoms. The second kappa shape index (κ2) is 6.22. The van der Waals surface area contributed by atoms with Crippen LogP contribution in [-0.2, 0) is 5.54 Å². The Labute approximate surface area is 147 Å². The Hall–Kier alpha value is -1.85. The summed E-state index contributed by atoms with van der Waals surface area (Å²) >= 11 is 6.35. The summed E-state index contributed by atoms with van der Waals surface area (Å²) in [6.07, 6.45) is 2.66. The Bertz CT molecular complexity index is 763. The highest BCUT2D eigenvalue weighted by atomic mass is 35.5. The van der Waals surface area contributed by atoms with Crippen molar-refractivity contribution in [2.75, 3.05) is 13.1 Å². The minimum atomic E-state index is -0.226. The molecule has 1 aromatic carbocycles. The highest BCUT2D eigenvalue weighted by Crippen LogP contribution is 2.31. The smallest absolute Gasteiger partial charge is 0.257 e. The Kier molecular flexibility index (Phi) is 4.40. The van der Waals surface area contributed by atoms with Crippen LogP contribution in [-0.4, -0.2) is 39.7 Å². The molecule has 2 N–H and O–H groups in total. The molecular formula is C18H23ClN4O. The molecule has 1 atom stereocenters. The van der Waals surface area contributed by atoms with Crippen LogP contribution in [0.2, 0.25) is 5.02 Å². The van der Waals surface area contributed by atoms with Gasteiger partial charge >= 0.3 is 0 Å². The minimum absolute atomic E-state index is 0.0339. The molecule has 3 rings (SSSR count). The number of benzene rings is 1. The van der Waals surface area contributed by atoms with Crippen molar-refractivity contribution in [1.29, 1.82) is 0 Å². The van der Waals surface area contributed by atoms with Crippen molar-refractivity contribution < 1.29 is 4.79 Å². The Morgan fingerprint density at radius 3 is 2.62 bits per heavy atom. The average Bonchev–Trinajstić information content (AvgIpc) is 3.13. The number of nitrogens with zero attached hydrogens (tertiary/aromatic N) is 3. The summed E-state index contributed by atoms with van der Waals surface area (Å²) in [6.45, 7) is 7.42. The molecule has 0 radical (unpaired) electrons. The molecule has 0 saturated carbocycles. The largest absolute Gasteiger partial charge is 0.337 e. The van der Waals surface area contributed by atoms with Crippen LogP contribution in [0.4, 0.5) is 0 Å². The molecule has 1 amide bonds. The molecule has 0 bridgehead atoms. The fourth-order valence-electron chi connectivity index (χ4n) is 2.87. The summed E-state index contributed by atoms with van der Waals surface area (Å²) in [5, 5.41) is 5.26. The molecule has 24 heavy (non-hydrogen) atoms. The van der Waals surface area contributed by atoms with Gasteiger partial charge in [0.15, 0.2) is 0 Å². The van der Waals surface area contributed by atoms with Gasteiger partial charge in [-0.25, -0.2) is 0 Å². The first-order valence-corrected chi connectivity index (χ1v) is 8.55. The van der Waals surface area contributed by atoms with Crippen molar-refractivity contribution in [2.45, 2.75) is 38.8 Å². The van der Waals surface area contributed by atoms with Gasteiger partial charge in [-0.3, -0.25) is 9.48 Å². The van der Waals surface area contributed by atoms with E-state index >= 15 is 0 Å². The van der Waals surface area contributed by atoms with Gasteiger partial charge in [0.1, 0.15) is 5.69 Å². The molecule has 1 fully saturated rings. The quantitative estimate of drug-likeness (QED) is 0.908. The van der Waals surface area contributed by atoms with E-state index in [1.54, 1.807) is 4.90 Å². The van der Waals surface area contributed by atoms with E-state index in [9.17, 15) is 4.79 Å². The van der Waals surface area contributed by atoms with Crippen LogP contribution in [0.3, 0.4) is 0 Å². The van der Waals surface area contributed by atoms with Gasteiger partial charge in [-0.05, 0) is 33.3 Å². The number of likely N-dealkylation sites (tertiary alicyclic amines) is 1. The lowest BCUT2D eigenvalue weighted by atomic mass is 10.1. The summed E-state index contributed by atoms with van der Waals surface area (Å²) in [5.74, 6) is -0.0339. The monoisotopic (exact) mass is 346 g/mol. The van der Waals surface area contributed by atoms with Crippen molar-refractivity contribution in [2.24, 2.45) is 5.73 Å². The van der Waals surface area contributed by atoms with Crippen molar-refractivity contribution >= 4 is 17.5 Å². The van der Waals surface area contributed by atoms with Gasteiger partial charge in [-0.15, -0.1) is 0 Å². The summed E-state index contributed by atoms with van der Waals surface area (Å²) in [7, 11) is 0. The van der Waals surface area contributed by atoms with E-state index in [2.05, 4.69) is 25.9 Å². The summed E-state index contributed by atoms with van der Waals surface area (Å²) < 4.78 is 1.83. The maximum Gasteiger partial charge on any atom is 0.257 e. The van der Waals surface area contributed by atoms with E-state index < -0.39 is 0 Å². The number of carbonyl (C=O) groups is 1. The van der Waals surface area contributed by atoms with Gasteiger partial charge in [0.25, 0.3) is 5.91 Å². The average molecular weight is 347 g/mol. The maximum atomic E-state index is 13.0. The molecule has 2 aromatic rings. The van der Waals surface area contributed by atoms with E-state index in [0.29, 0.717) is 29.4 Å². The number of carbonyl (C=O) groups excluding carboxylic acids is 1. The minimum Gasteiger partial charge on any atom is -0.337 e. The first-order chi connectivity index (χ1) is 11.3. The third-order valence-electron chi connectivity index (χ3n) is 4.27. The number of hydrogen-bond donors (Lipinski definition) is 1. The Morgan fingerprint density at radius 2 is 2.04 bits per heavy atom. The van der Waals surface area contributed by atoms with E-state index in [1.165, 1.54) is 0 Å². The predicted molar refractivity (Wildman–Crippen MR) is 96.2 cm³/mol. The Morgan fingerprint density at radius 1 is 1.33 bits per heavy atom. The van der Waals surface area contributed by atoms with Gasteiger partial charge in [0.2, 0.25) is 0 Å². The van der Waals surface area contributed by atoms with Crippen molar-refractivity contribution in [3.05, 3.63) is 41.0 Å². The van der Waals surface area contributed by atoms with Gasteiger partial charge in [0.05, 0.1) is 16.1 Å². The van der Waals surface area contributed by atoms with Crippen molar-refractivity contribution in [3.8, 4) is 11.3 Å². The van der Waals surface area contributed by atoms with Crippen LogP contribution in [0.5, 0.6) is 0 Å². The molecule has 5 nitrogen and oxygen atoms in total. The molecule has 0 unspecified atom stereocenters. The van der Waals surface area contributed by atoms with Gasteiger partial charge < -0.3 is 10.6 Å². The molecule has 0 spiro atoms. The standard InChI is InChI=1S/C18H23ClN4O/c1-18(2,3)23-11-14(17(24)22-9-8-12(20)10-22)16(21-23)13-6-4-5-7-15(13)19/h4-7,11-12H,8-10,20H2,1-3H3/t12-/m1/s1. The zero-order valence-corrected chi connectivity index (χ0v) is 15.0. The number of aromatic nitrogens is 2. The second-order valence-electron chi connectivity index (χ2n) is 7.29. The van der Waals surface area contributed by atoms with Crippen LogP contribution in [0.25, 0.3) is 11.3 Å². The van der Waals surface area contributed by atoms with E-state index in [4.69, 9.17) is 17.3 Å². The van der Waals surface area contributed by atoms with E-state index in [1.807, 2.05) is 35.1 Å². The van der Waals surface area contributed by atoms with Crippen LogP contribution < -0.4 is 5.73 Å². The maximum absolute atomic E-state index is 13.0. The second-order valence-corrected chi connectivity index (χ2v) is 7.69. The third kappa shape index (κ3) is 3.19. The van der Waals surface area contributed by atoms with Crippen molar-refractivity contribution in [1.82, 2.24) is 14.7 Å². The molecule has 1 aliphatic rings. The summed E-state index contributed by atoms with van der Waals surface area (Å²) in [6, 6.07) is 7.53. The topological polar surface area (TPSA) is 64.2 Å². The van der Waals surface area contributed by atoms with E-state index in [-0.39, 0.29) is 17.5 Å². The normalized spacial score (nSPS) is 18.2. The van der Waals surface area contributed by atoms with Gasteiger partial charge in [-0.2, -0.15) is 5.10 Å². The number of hydrogen-bond acceptors (Lipinski definition) is 3. The van der Waals surface area contributed by atoms with Crippen molar-refractivity contribution in [3.63, 3.8) is 0 Å². The third-order valence-corrected chi connectivity index (χ3v) is 4.60. The predicted octanol–water partition coefficient (Wildman–Crippen LogP) is 3.13. The van der Waals surface area contributed by atoms with E-state index in [0.717, 1.165) is 12.0 Å². The fraction of sp³-hybridized carbons (Fsp3) is 0.444. The molecule has 128 valence electrons. The first-order valence-electron chi connectivity index (χ1n) is 8.17. The SMILES string of the molecule is CC(C)(C)n1cc(C(=O)N2CC[C@@H](N)C2)c(-c2ccccc2Cl)n1. The lowest BCUT2D eigenvalue weighted by Gasteiger charge is -2.19. The van der Waals surface area contributed by atoms with Gasteiger partial charge in [0, 0.05) is 30.9 Å². The van der Waals surface area contributed by atoms with Crippen LogP contribution in [0, 0.1) is 0 Å². The summed E-state index contributed by atoms with van der Waals surface area (Å²) in [4.78, 5) is 14.8. The molecular weight excluding hydrogens is 324 g/mol. The molecule has 0 aliphatic carbocycles. The van der Waals surface area contributed by atoms with Crippen LogP contribution in [0.15, 0.2) is 30.5 Å². The zero-order valence-electron chi connectivity index (χ0n) is 14.3. The number of halogens is 1. The highest BCUT2D eigenvalue weighted by molar-refractivity contribution is 6.33. The van der Waals surface area contributed by atoms with Crippen LogP contribution in [0.1, 0.15) is 37.6 Å². The zero-order chi connectivity index (χ0) is 17.5.